The van der Waals surface area contributed by atoms with E-state index in [9.17, 15) is 9.59 Å². The fourth-order valence-electron chi connectivity index (χ4n) is 6.24. The van der Waals surface area contributed by atoms with Gasteiger partial charge in [0, 0.05) is 13.0 Å². The van der Waals surface area contributed by atoms with E-state index in [0.717, 1.165) is 70.8 Å². The fraction of sp³-hybridized carbons (Fsp3) is 0.950. The molecule has 2 atom stereocenters. The fourth-order valence-corrected chi connectivity index (χ4v) is 6.24. The first-order valence-electron chi connectivity index (χ1n) is 20.0. The van der Waals surface area contributed by atoms with Gasteiger partial charge < -0.3 is 19.1 Å². The Kier molecular flexibility index (Phi) is 26.9. The second kappa shape index (κ2) is 28.8. The number of rotatable bonds is 34. The lowest BCUT2D eigenvalue weighted by Crippen LogP contribution is -2.30. The maximum Gasteiger partial charge on any atom is 0.314 e. The minimum absolute atomic E-state index is 0.0124. The van der Waals surface area contributed by atoms with Crippen molar-refractivity contribution in [1.82, 2.24) is 4.90 Å². The van der Waals surface area contributed by atoms with Gasteiger partial charge in [-0.3, -0.25) is 9.59 Å². The molecule has 0 aromatic heterocycles. The highest BCUT2D eigenvalue weighted by Crippen LogP contribution is 2.47. The van der Waals surface area contributed by atoms with Gasteiger partial charge in [-0.05, 0) is 77.8 Å². The van der Waals surface area contributed by atoms with Crippen LogP contribution in [-0.4, -0.2) is 63.4 Å². The number of carbonyl (C=O) groups excluding carboxylic acids is 2. The Balaban J connectivity index is 2.30. The van der Waals surface area contributed by atoms with E-state index >= 15 is 0 Å². The third kappa shape index (κ3) is 23.2. The molecule has 1 aliphatic rings. The molecule has 0 spiro atoms. The standard InChI is InChI=1S/C40H77NO5/c1-6-9-12-14-15-18-22-27-37(46-39(43)40(30-31-40)35-44-33-32-41(4)5)28-23-19-16-17-20-24-29-38(42)45-34-36(25-11-8-3)26-21-13-10-7-2/h36-37H,6-35H2,1-5H3. The summed E-state index contributed by atoms with van der Waals surface area (Å²) in [7, 11) is 4.08. The number of carbonyl (C=O) groups is 2. The molecule has 1 rings (SSSR count). The monoisotopic (exact) mass is 652 g/mol. The van der Waals surface area contributed by atoms with Gasteiger partial charge in [0.25, 0.3) is 0 Å². The Morgan fingerprint density at radius 3 is 1.72 bits per heavy atom. The highest BCUT2D eigenvalue weighted by atomic mass is 16.6. The summed E-state index contributed by atoms with van der Waals surface area (Å²) in [4.78, 5) is 27.7. The van der Waals surface area contributed by atoms with Crippen LogP contribution in [0.5, 0.6) is 0 Å². The quantitative estimate of drug-likeness (QED) is 0.0509. The lowest BCUT2D eigenvalue weighted by atomic mass is 9.96. The number of unbranched alkanes of at least 4 members (excludes halogenated alkanes) is 15. The molecule has 272 valence electrons. The molecule has 2 unspecified atom stereocenters. The largest absolute Gasteiger partial charge is 0.465 e. The molecular weight excluding hydrogens is 574 g/mol. The first kappa shape index (κ1) is 42.9. The summed E-state index contributed by atoms with van der Waals surface area (Å²) in [6, 6.07) is 0. The average molecular weight is 652 g/mol. The Bertz CT molecular complexity index is 722. The van der Waals surface area contributed by atoms with Crippen LogP contribution in [0.15, 0.2) is 0 Å². The molecule has 0 aliphatic heterocycles. The summed E-state index contributed by atoms with van der Waals surface area (Å²) in [5.41, 5.74) is -0.392. The zero-order valence-corrected chi connectivity index (χ0v) is 31.4. The predicted molar refractivity (Wildman–Crippen MR) is 193 cm³/mol. The Hall–Kier alpha value is -1.14. The van der Waals surface area contributed by atoms with Crippen LogP contribution in [-0.2, 0) is 23.8 Å². The van der Waals surface area contributed by atoms with Crippen molar-refractivity contribution in [2.45, 2.75) is 194 Å². The topological polar surface area (TPSA) is 65.1 Å². The van der Waals surface area contributed by atoms with Crippen LogP contribution in [0.25, 0.3) is 0 Å². The maximum atomic E-state index is 13.2. The van der Waals surface area contributed by atoms with E-state index in [0.29, 0.717) is 32.2 Å². The maximum absolute atomic E-state index is 13.2. The highest BCUT2D eigenvalue weighted by Gasteiger charge is 2.52. The van der Waals surface area contributed by atoms with Crippen molar-refractivity contribution >= 4 is 11.9 Å². The molecule has 46 heavy (non-hydrogen) atoms. The van der Waals surface area contributed by atoms with E-state index in [1.165, 1.54) is 96.3 Å². The molecule has 6 nitrogen and oxygen atoms in total. The van der Waals surface area contributed by atoms with Gasteiger partial charge in [0.2, 0.25) is 0 Å². The van der Waals surface area contributed by atoms with Crippen LogP contribution in [0.1, 0.15) is 188 Å². The van der Waals surface area contributed by atoms with Gasteiger partial charge in [0.1, 0.15) is 6.10 Å². The number of likely N-dealkylation sites (N-methyl/N-ethyl adjacent to an activating group) is 1. The normalized spacial score (nSPS) is 15.2. The van der Waals surface area contributed by atoms with Crippen molar-refractivity contribution in [2.24, 2.45) is 11.3 Å². The first-order valence-corrected chi connectivity index (χ1v) is 20.0. The van der Waals surface area contributed by atoms with Gasteiger partial charge in [0.05, 0.1) is 25.2 Å². The van der Waals surface area contributed by atoms with Gasteiger partial charge in [-0.15, -0.1) is 0 Å². The SMILES string of the molecule is CCCCCCCCCC(CCCCCCCCC(=O)OCC(CCCC)CCCCCC)OC(=O)C1(COCCN(C)C)CC1. The van der Waals surface area contributed by atoms with Gasteiger partial charge >= 0.3 is 11.9 Å². The van der Waals surface area contributed by atoms with Gasteiger partial charge in [-0.25, -0.2) is 0 Å². The molecule has 0 amide bonds. The molecular formula is C40H77NO5. The lowest BCUT2D eigenvalue weighted by Gasteiger charge is -2.22. The molecule has 0 N–H and O–H groups in total. The van der Waals surface area contributed by atoms with E-state index < -0.39 is 5.41 Å². The molecule has 0 aromatic carbocycles. The zero-order chi connectivity index (χ0) is 33.7. The van der Waals surface area contributed by atoms with Crippen LogP contribution in [0.3, 0.4) is 0 Å². The van der Waals surface area contributed by atoms with Gasteiger partial charge in [-0.2, -0.15) is 0 Å². The molecule has 0 saturated heterocycles. The predicted octanol–water partition coefficient (Wildman–Crippen LogP) is 10.8. The number of nitrogens with zero attached hydrogens (tertiary/aromatic N) is 1. The molecule has 0 radical (unpaired) electrons. The number of ether oxygens (including phenoxy) is 3. The summed E-state index contributed by atoms with van der Waals surface area (Å²) in [6.07, 6.45) is 29.8. The van der Waals surface area contributed by atoms with Crippen molar-refractivity contribution in [2.75, 3.05) is 40.5 Å². The Labute approximate surface area is 285 Å². The molecule has 0 heterocycles. The van der Waals surface area contributed by atoms with Crippen molar-refractivity contribution in [3.8, 4) is 0 Å². The van der Waals surface area contributed by atoms with Crippen molar-refractivity contribution in [3.63, 3.8) is 0 Å². The molecule has 1 saturated carbocycles. The number of esters is 2. The number of hydrogen-bond donors (Lipinski definition) is 0. The van der Waals surface area contributed by atoms with Gasteiger partial charge in [-0.1, -0.05) is 124 Å². The summed E-state index contributed by atoms with van der Waals surface area (Å²) >= 11 is 0. The minimum Gasteiger partial charge on any atom is -0.465 e. The third-order valence-corrected chi connectivity index (χ3v) is 9.82. The lowest BCUT2D eigenvalue weighted by molar-refractivity contribution is -0.159. The second-order valence-corrected chi connectivity index (χ2v) is 14.8. The molecule has 0 bridgehead atoms. The number of hydrogen-bond acceptors (Lipinski definition) is 6. The van der Waals surface area contributed by atoms with E-state index in [1.54, 1.807) is 0 Å². The van der Waals surface area contributed by atoms with Crippen LogP contribution in [0.4, 0.5) is 0 Å². The van der Waals surface area contributed by atoms with E-state index in [2.05, 4.69) is 25.7 Å². The zero-order valence-electron chi connectivity index (χ0n) is 31.4. The molecule has 1 aliphatic carbocycles. The Morgan fingerprint density at radius 2 is 1.15 bits per heavy atom. The van der Waals surface area contributed by atoms with Crippen LogP contribution >= 0.6 is 0 Å². The van der Waals surface area contributed by atoms with Crippen molar-refractivity contribution < 1.29 is 23.8 Å². The molecule has 6 heteroatoms. The van der Waals surface area contributed by atoms with Crippen molar-refractivity contribution in [1.29, 1.82) is 0 Å². The second-order valence-electron chi connectivity index (χ2n) is 14.8. The Morgan fingerprint density at radius 1 is 0.652 bits per heavy atom. The third-order valence-electron chi connectivity index (χ3n) is 9.82. The summed E-state index contributed by atoms with van der Waals surface area (Å²) in [5, 5.41) is 0. The first-order chi connectivity index (χ1) is 22.4. The van der Waals surface area contributed by atoms with Gasteiger partial charge in [0.15, 0.2) is 0 Å². The molecule has 0 aromatic rings. The van der Waals surface area contributed by atoms with Crippen LogP contribution < -0.4 is 0 Å². The van der Waals surface area contributed by atoms with E-state index in [4.69, 9.17) is 14.2 Å². The summed E-state index contributed by atoms with van der Waals surface area (Å²) < 4.78 is 17.8. The van der Waals surface area contributed by atoms with E-state index in [-0.39, 0.29) is 18.0 Å². The summed E-state index contributed by atoms with van der Waals surface area (Å²) in [5.74, 6) is 0.498. The molecule has 1 fully saturated rings. The highest BCUT2D eigenvalue weighted by molar-refractivity contribution is 5.80. The summed E-state index contributed by atoms with van der Waals surface area (Å²) in [6.45, 7) is 9.38. The van der Waals surface area contributed by atoms with Crippen molar-refractivity contribution in [3.05, 3.63) is 0 Å². The smallest absolute Gasteiger partial charge is 0.314 e. The van der Waals surface area contributed by atoms with E-state index in [1.807, 2.05) is 14.1 Å². The minimum atomic E-state index is -0.392. The van der Waals surface area contributed by atoms with Crippen LogP contribution in [0, 0.1) is 11.3 Å². The van der Waals surface area contributed by atoms with Crippen LogP contribution in [0.2, 0.25) is 0 Å². The average Bonchev–Trinajstić information content (AvgIpc) is 3.84.